The highest BCUT2D eigenvalue weighted by atomic mass is 32.2. The predicted molar refractivity (Wildman–Crippen MR) is 90.5 cm³/mol. The molecule has 1 N–H and O–H groups in total. The Hall–Kier alpha value is -1.00. The van der Waals surface area contributed by atoms with E-state index in [9.17, 15) is 4.79 Å². The fourth-order valence-electron chi connectivity index (χ4n) is 2.91. The molecule has 0 aliphatic carbocycles. The summed E-state index contributed by atoms with van der Waals surface area (Å²) in [5, 5.41) is 3.45. The molecule has 1 amide bonds. The highest BCUT2D eigenvalue weighted by molar-refractivity contribution is 7.98. The van der Waals surface area contributed by atoms with Gasteiger partial charge in [-0.3, -0.25) is 10.1 Å². The molecule has 4 heteroatoms. The molecule has 3 atom stereocenters. The minimum atomic E-state index is -0.100. The second kappa shape index (κ2) is 7.32. The van der Waals surface area contributed by atoms with Crippen LogP contribution in [-0.4, -0.2) is 34.9 Å². The zero-order valence-corrected chi connectivity index (χ0v) is 14.2. The molecule has 0 radical (unpaired) electrons. The highest BCUT2D eigenvalue weighted by Gasteiger charge is 2.40. The van der Waals surface area contributed by atoms with Gasteiger partial charge in [0.15, 0.2) is 0 Å². The summed E-state index contributed by atoms with van der Waals surface area (Å²) in [6.07, 6.45) is 4.15. The van der Waals surface area contributed by atoms with E-state index >= 15 is 0 Å². The molecular weight excluding hydrogens is 280 g/mol. The molecule has 116 valence electrons. The number of hydrogen-bond donors (Lipinski definition) is 1. The average molecular weight is 306 g/mol. The van der Waals surface area contributed by atoms with Gasteiger partial charge in [0.25, 0.3) is 0 Å². The van der Waals surface area contributed by atoms with Crippen LogP contribution in [0.1, 0.15) is 44.5 Å². The van der Waals surface area contributed by atoms with Gasteiger partial charge in [-0.15, -0.1) is 0 Å². The molecule has 2 rings (SSSR count). The summed E-state index contributed by atoms with van der Waals surface area (Å²) < 4.78 is 0. The number of carbonyl (C=O) groups is 1. The quantitative estimate of drug-likeness (QED) is 0.876. The van der Waals surface area contributed by atoms with Crippen molar-refractivity contribution >= 4 is 17.7 Å². The maximum atomic E-state index is 12.5. The zero-order valence-electron chi connectivity index (χ0n) is 13.4. The molecule has 1 aliphatic rings. The summed E-state index contributed by atoms with van der Waals surface area (Å²) in [5.41, 5.74) is 2.52. The van der Waals surface area contributed by atoms with E-state index in [-0.39, 0.29) is 18.1 Å². The highest BCUT2D eigenvalue weighted by Crippen LogP contribution is 2.29. The van der Waals surface area contributed by atoms with E-state index in [1.54, 1.807) is 11.8 Å². The Morgan fingerprint density at radius 2 is 1.95 bits per heavy atom. The molecule has 0 saturated carbocycles. The summed E-state index contributed by atoms with van der Waals surface area (Å²) >= 11 is 1.81. The van der Waals surface area contributed by atoms with Gasteiger partial charge in [0.2, 0.25) is 5.91 Å². The first-order chi connectivity index (χ1) is 10.1. The lowest BCUT2D eigenvalue weighted by atomic mass is 10.1. The number of aryl methyl sites for hydroxylation is 1. The van der Waals surface area contributed by atoms with Gasteiger partial charge >= 0.3 is 0 Å². The first kappa shape index (κ1) is 16.4. The number of carbonyl (C=O) groups excluding carboxylic acids is 1. The molecule has 21 heavy (non-hydrogen) atoms. The normalized spacial score (nSPS) is 23.6. The van der Waals surface area contributed by atoms with Crippen molar-refractivity contribution in [3.05, 3.63) is 35.4 Å². The van der Waals surface area contributed by atoms with Crippen molar-refractivity contribution in [2.75, 3.05) is 12.0 Å². The molecule has 1 saturated heterocycles. The topological polar surface area (TPSA) is 32.3 Å². The number of benzene rings is 1. The Morgan fingerprint density at radius 3 is 2.48 bits per heavy atom. The Kier molecular flexibility index (Phi) is 5.71. The van der Waals surface area contributed by atoms with Crippen LogP contribution in [0, 0.1) is 0 Å². The molecule has 1 aliphatic heterocycles. The van der Waals surface area contributed by atoms with Crippen molar-refractivity contribution in [3.8, 4) is 0 Å². The van der Waals surface area contributed by atoms with Gasteiger partial charge in [-0.2, -0.15) is 11.8 Å². The third kappa shape index (κ3) is 3.43. The van der Waals surface area contributed by atoms with Crippen LogP contribution in [0.5, 0.6) is 0 Å². The average Bonchev–Trinajstić information content (AvgIpc) is 2.81. The number of nitrogens with one attached hydrogen (secondary N) is 1. The maximum absolute atomic E-state index is 12.5. The third-order valence-electron chi connectivity index (χ3n) is 4.24. The molecule has 1 aromatic carbocycles. The summed E-state index contributed by atoms with van der Waals surface area (Å²) in [4.78, 5) is 14.6. The lowest BCUT2D eigenvalue weighted by molar-refractivity contribution is -0.131. The van der Waals surface area contributed by atoms with Gasteiger partial charge in [-0.1, -0.05) is 38.1 Å². The van der Waals surface area contributed by atoms with Crippen LogP contribution < -0.4 is 5.32 Å². The monoisotopic (exact) mass is 306 g/mol. The molecule has 1 fully saturated rings. The van der Waals surface area contributed by atoms with Crippen LogP contribution in [0.4, 0.5) is 0 Å². The predicted octanol–water partition coefficient (Wildman–Crippen LogP) is 3.21. The van der Waals surface area contributed by atoms with Crippen LogP contribution >= 0.6 is 11.8 Å². The first-order valence-electron chi connectivity index (χ1n) is 7.78. The van der Waals surface area contributed by atoms with E-state index < -0.39 is 0 Å². The van der Waals surface area contributed by atoms with E-state index in [1.165, 1.54) is 11.1 Å². The van der Waals surface area contributed by atoms with Crippen molar-refractivity contribution < 1.29 is 4.79 Å². The van der Waals surface area contributed by atoms with Crippen LogP contribution in [0.25, 0.3) is 0 Å². The van der Waals surface area contributed by atoms with Crippen LogP contribution in [0.3, 0.4) is 0 Å². The molecular formula is C17H26N2OS. The SMILES string of the molecule is CCc1ccc(C2NC(C)C(=O)N2C(CC)CSC)cc1. The van der Waals surface area contributed by atoms with Gasteiger partial charge in [-0.05, 0) is 37.1 Å². The molecule has 3 unspecified atom stereocenters. The maximum Gasteiger partial charge on any atom is 0.241 e. The molecule has 0 spiro atoms. The van der Waals surface area contributed by atoms with Crippen molar-refractivity contribution in [1.82, 2.24) is 10.2 Å². The minimum Gasteiger partial charge on any atom is -0.318 e. The second-order valence-corrected chi connectivity index (χ2v) is 6.56. The van der Waals surface area contributed by atoms with E-state index in [4.69, 9.17) is 0 Å². The van der Waals surface area contributed by atoms with Gasteiger partial charge < -0.3 is 4.90 Å². The zero-order chi connectivity index (χ0) is 15.4. The number of thioether (sulfide) groups is 1. The number of amides is 1. The van der Waals surface area contributed by atoms with Crippen LogP contribution in [-0.2, 0) is 11.2 Å². The van der Waals surface area contributed by atoms with E-state index in [0.29, 0.717) is 6.04 Å². The summed E-state index contributed by atoms with van der Waals surface area (Å²) in [5.74, 6) is 1.21. The minimum absolute atomic E-state index is 0.00973. The van der Waals surface area contributed by atoms with Crippen LogP contribution in [0.15, 0.2) is 24.3 Å². The first-order valence-corrected chi connectivity index (χ1v) is 9.17. The fourth-order valence-corrected chi connectivity index (χ4v) is 3.69. The van der Waals surface area contributed by atoms with E-state index in [1.807, 2.05) is 6.92 Å². The van der Waals surface area contributed by atoms with Gasteiger partial charge in [-0.25, -0.2) is 0 Å². The summed E-state index contributed by atoms with van der Waals surface area (Å²) in [6, 6.07) is 8.83. The van der Waals surface area contributed by atoms with Gasteiger partial charge in [0.05, 0.1) is 6.04 Å². The summed E-state index contributed by atoms with van der Waals surface area (Å²) in [7, 11) is 0. The number of nitrogens with zero attached hydrogens (tertiary/aromatic N) is 1. The van der Waals surface area contributed by atoms with Crippen LogP contribution in [0.2, 0.25) is 0 Å². The third-order valence-corrected chi connectivity index (χ3v) is 4.96. The molecule has 1 heterocycles. The molecule has 3 nitrogen and oxygen atoms in total. The van der Waals surface area contributed by atoms with Gasteiger partial charge in [0.1, 0.15) is 6.17 Å². The molecule has 0 bridgehead atoms. The van der Waals surface area contributed by atoms with E-state index in [0.717, 1.165) is 18.6 Å². The molecule has 0 aromatic heterocycles. The smallest absolute Gasteiger partial charge is 0.241 e. The van der Waals surface area contributed by atoms with Crippen molar-refractivity contribution in [2.45, 2.75) is 51.9 Å². The largest absolute Gasteiger partial charge is 0.318 e. The van der Waals surface area contributed by atoms with Crippen molar-refractivity contribution in [3.63, 3.8) is 0 Å². The Balaban J connectivity index is 2.27. The number of rotatable bonds is 6. The van der Waals surface area contributed by atoms with Crippen molar-refractivity contribution in [2.24, 2.45) is 0 Å². The molecule has 1 aromatic rings. The van der Waals surface area contributed by atoms with Gasteiger partial charge in [0, 0.05) is 11.8 Å². The lowest BCUT2D eigenvalue weighted by Gasteiger charge is -2.32. The summed E-state index contributed by atoms with van der Waals surface area (Å²) in [6.45, 7) is 6.28. The Bertz CT molecular complexity index is 474. The fraction of sp³-hybridized carbons (Fsp3) is 0.588. The Labute approximate surface area is 132 Å². The second-order valence-electron chi connectivity index (χ2n) is 5.65. The Morgan fingerprint density at radius 1 is 1.29 bits per heavy atom. The standard InChI is InChI=1S/C17H26N2OS/c1-5-13-7-9-14(10-8-13)16-18-12(3)17(20)19(16)15(6-2)11-21-4/h7-10,12,15-16,18H,5-6,11H2,1-4H3. The van der Waals surface area contributed by atoms with E-state index in [2.05, 4.69) is 54.6 Å². The van der Waals surface area contributed by atoms with Crippen molar-refractivity contribution in [1.29, 1.82) is 0 Å². The number of hydrogen-bond acceptors (Lipinski definition) is 3. The lowest BCUT2D eigenvalue weighted by Crippen LogP contribution is -2.41.